The maximum absolute atomic E-state index is 12.1. The van der Waals surface area contributed by atoms with Crippen molar-refractivity contribution in [3.05, 3.63) is 65.2 Å². The summed E-state index contributed by atoms with van der Waals surface area (Å²) in [6.45, 7) is 2.23. The van der Waals surface area contributed by atoms with Crippen LogP contribution in [0.1, 0.15) is 21.5 Å². The molecule has 0 unspecified atom stereocenters. The van der Waals surface area contributed by atoms with Gasteiger partial charge in [-0.15, -0.1) is 0 Å². The molecule has 0 aromatic heterocycles. The van der Waals surface area contributed by atoms with Crippen LogP contribution >= 0.6 is 0 Å². The van der Waals surface area contributed by atoms with Crippen molar-refractivity contribution in [1.82, 2.24) is 0 Å². The predicted octanol–water partition coefficient (Wildman–Crippen LogP) is 3.62. The van der Waals surface area contributed by atoms with Crippen LogP contribution in [0.15, 0.2) is 48.5 Å². The smallest absolute Gasteiger partial charge is 0.231 e. The molecule has 0 aliphatic carbocycles. The summed E-state index contributed by atoms with van der Waals surface area (Å²) >= 11 is 0. The zero-order valence-electron chi connectivity index (χ0n) is 11.1. The third kappa shape index (κ3) is 2.57. The molecule has 3 nitrogen and oxygen atoms in total. The number of hydrogen-bond acceptors (Lipinski definition) is 3. The SMILES string of the molecule is Cc1cccc(C(=O)/C=C/c2ccc3c(c2)OCO3)c1. The Balaban J connectivity index is 1.78. The molecule has 0 amide bonds. The van der Waals surface area contributed by atoms with Gasteiger partial charge in [-0.25, -0.2) is 0 Å². The van der Waals surface area contributed by atoms with E-state index in [1.807, 2.05) is 49.4 Å². The summed E-state index contributed by atoms with van der Waals surface area (Å²) in [5, 5.41) is 0. The van der Waals surface area contributed by atoms with Crippen LogP contribution in [0.4, 0.5) is 0 Å². The van der Waals surface area contributed by atoms with Crippen LogP contribution < -0.4 is 9.47 Å². The Morgan fingerprint density at radius 2 is 1.95 bits per heavy atom. The van der Waals surface area contributed by atoms with Crippen molar-refractivity contribution >= 4 is 11.9 Å². The first-order chi connectivity index (χ1) is 9.72. The Morgan fingerprint density at radius 1 is 1.10 bits per heavy atom. The average molecular weight is 266 g/mol. The van der Waals surface area contributed by atoms with E-state index in [2.05, 4.69) is 0 Å². The second kappa shape index (κ2) is 5.21. The van der Waals surface area contributed by atoms with Crippen LogP contribution in [-0.4, -0.2) is 12.6 Å². The van der Waals surface area contributed by atoms with Gasteiger partial charge in [0.2, 0.25) is 6.79 Å². The molecular weight excluding hydrogens is 252 g/mol. The molecule has 1 heterocycles. The molecule has 0 N–H and O–H groups in total. The van der Waals surface area contributed by atoms with Crippen molar-refractivity contribution in [2.45, 2.75) is 6.92 Å². The van der Waals surface area contributed by atoms with E-state index in [-0.39, 0.29) is 12.6 Å². The summed E-state index contributed by atoms with van der Waals surface area (Å²) in [5.41, 5.74) is 2.68. The van der Waals surface area contributed by atoms with Crippen molar-refractivity contribution in [3.63, 3.8) is 0 Å². The van der Waals surface area contributed by atoms with Gasteiger partial charge >= 0.3 is 0 Å². The van der Waals surface area contributed by atoms with Gasteiger partial charge in [-0.1, -0.05) is 35.9 Å². The minimum atomic E-state index is -0.00799. The highest BCUT2D eigenvalue weighted by molar-refractivity contribution is 6.06. The molecular formula is C17H14O3. The van der Waals surface area contributed by atoms with Crippen LogP contribution in [0.3, 0.4) is 0 Å². The first-order valence-corrected chi connectivity index (χ1v) is 6.41. The molecule has 3 rings (SSSR count). The lowest BCUT2D eigenvalue weighted by Crippen LogP contribution is -1.94. The van der Waals surface area contributed by atoms with Gasteiger partial charge in [0.25, 0.3) is 0 Å². The first-order valence-electron chi connectivity index (χ1n) is 6.41. The van der Waals surface area contributed by atoms with Gasteiger partial charge in [0.1, 0.15) is 0 Å². The summed E-state index contributed by atoms with van der Waals surface area (Å²) in [6, 6.07) is 13.2. The lowest BCUT2D eigenvalue weighted by molar-refractivity contribution is 0.104. The van der Waals surface area contributed by atoms with Crippen LogP contribution in [0.5, 0.6) is 11.5 Å². The molecule has 3 heteroatoms. The van der Waals surface area contributed by atoms with E-state index in [0.29, 0.717) is 5.56 Å². The first kappa shape index (κ1) is 12.5. The van der Waals surface area contributed by atoms with E-state index >= 15 is 0 Å². The fourth-order valence-corrected chi connectivity index (χ4v) is 2.08. The number of allylic oxidation sites excluding steroid dienone is 1. The Morgan fingerprint density at radius 3 is 2.80 bits per heavy atom. The van der Waals surface area contributed by atoms with Crippen LogP contribution in [0, 0.1) is 6.92 Å². The van der Waals surface area contributed by atoms with Crippen molar-refractivity contribution in [2.75, 3.05) is 6.79 Å². The lowest BCUT2D eigenvalue weighted by Gasteiger charge is -1.99. The molecule has 0 atom stereocenters. The number of aryl methyl sites for hydroxylation is 1. The second-order valence-electron chi connectivity index (χ2n) is 4.68. The van der Waals surface area contributed by atoms with Crippen LogP contribution in [0.2, 0.25) is 0 Å². The van der Waals surface area contributed by atoms with Gasteiger partial charge in [0.05, 0.1) is 0 Å². The van der Waals surface area contributed by atoms with E-state index < -0.39 is 0 Å². The maximum atomic E-state index is 12.1. The van der Waals surface area contributed by atoms with Crippen LogP contribution in [-0.2, 0) is 0 Å². The van der Waals surface area contributed by atoms with Gasteiger partial charge in [-0.05, 0) is 36.8 Å². The lowest BCUT2D eigenvalue weighted by atomic mass is 10.1. The van der Waals surface area contributed by atoms with Crippen molar-refractivity contribution in [3.8, 4) is 11.5 Å². The number of hydrogen-bond donors (Lipinski definition) is 0. The molecule has 0 spiro atoms. The largest absolute Gasteiger partial charge is 0.454 e. The minimum Gasteiger partial charge on any atom is -0.454 e. The van der Waals surface area contributed by atoms with E-state index in [0.717, 1.165) is 22.6 Å². The highest BCUT2D eigenvalue weighted by Crippen LogP contribution is 2.32. The summed E-state index contributed by atoms with van der Waals surface area (Å²) < 4.78 is 10.6. The molecule has 0 fully saturated rings. The van der Waals surface area contributed by atoms with Gasteiger partial charge < -0.3 is 9.47 Å². The normalized spacial score (nSPS) is 12.8. The molecule has 0 radical (unpaired) electrons. The van der Waals surface area contributed by atoms with E-state index in [1.54, 1.807) is 12.2 Å². The number of carbonyl (C=O) groups excluding carboxylic acids is 1. The Bertz CT molecular complexity index is 686. The Kier molecular flexibility index (Phi) is 3.25. The predicted molar refractivity (Wildman–Crippen MR) is 77.1 cm³/mol. The Labute approximate surface area is 117 Å². The van der Waals surface area contributed by atoms with E-state index in [4.69, 9.17) is 9.47 Å². The number of benzene rings is 2. The summed E-state index contributed by atoms with van der Waals surface area (Å²) in [5.74, 6) is 1.45. The third-order valence-corrected chi connectivity index (χ3v) is 3.13. The molecule has 1 aliphatic rings. The molecule has 100 valence electrons. The van der Waals surface area contributed by atoms with Gasteiger partial charge in [-0.2, -0.15) is 0 Å². The molecule has 2 aromatic carbocycles. The quantitative estimate of drug-likeness (QED) is 0.628. The Hall–Kier alpha value is -2.55. The second-order valence-corrected chi connectivity index (χ2v) is 4.68. The monoisotopic (exact) mass is 266 g/mol. The fraction of sp³-hybridized carbons (Fsp3) is 0.118. The van der Waals surface area contributed by atoms with E-state index in [1.165, 1.54) is 0 Å². The summed E-state index contributed by atoms with van der Waals surface area (Å²) in [6.07, 6.45) is 3.36. The molecule has 2 aromatic rings. The van der Waals surface area contributed by atoms with Gasteiger partial charge in [0.15, 0.2) is 17.3 Å². The molecule has 0 saturated heterocycles. The number of ether oxygens (including phenoxy) is 2. The maximum Gasteiger partial charge on any atom is 0.231 e. The molecule has 1 aliphatic heterocycles. The molecule has 0 bridgehead atoms. The fourth-order valence-electron chi connectivity index (χ4n) is 2.08. The number of ketones is 1. The molecule has 0 saturated carbocycles. The van der Waals surface area contributed by atoms with Crippen molar-refractivity contribution < 1.29 is 14.3 Å². The van der Waals surface area contributed by atoms with E-state index in [9.17, 15) is 4.79 Å². The zero-order chi connectivity index (χ0) is 13.9. The summed E-state index contributed by atoms with van der Waals surface area (Å²) in [7, 11) is 0. The average Bonchev–Trinajstić information content (AvgIpc) is 2.92. The van der Waals surface area contributed by atoms with Gasteiger partial charge in [-0.3, -0.25) is 4.79 Å². The number of rotatable bonds is 3. The van der Waals surface area contributed by atoms with Crippen molar-refractivity contribution in [1.29, 1.82) is 0 Å². The highest BCUT2D eigenvalue weighted by Gasteiger charge is 2.12. The standard InChI is InChI=1S/C17H14O3/c1-12-3-2-4-14(9-12)15(18)7-5-13-6-8-16-17(10-13)20-11-19-16/h2-10H,11H2,1H3/b7-5+. The topological polar surface area (TPSA) is 35.5 Å². The van der Waals surface area contributed by atoms with Crippen LogP contribution in [0.25, 0.3) is 6.08 Å². The van der Waals surface area contributed by atoms with Crippen molar-refractivity contribution in [2.24, 2.45) is 0 Å². The molecule has 20 heavy (non-hydrogen) atoms. The number of fused-ring (bicyclic) bond motifs is 1. The zero-order valence-corrected chi connectivity index (χ0v) is 11.1. The minimum absolute atomic E-state index is 0.00799. The third-order valence-electron chi connectivity index (χ3n) is 3.13. The summed E-state index contributed by atoms with van der Waals surface area (Å²) in [4.78, 5) is 12.1. The highest BCUT2D eigenvalue weighted by atomic mass is 16.7. The number of carbonyl (C=O) groups is 1. The van der Waals surface area contributed by atoms with Gasteiger partial charge in [0, 0.05) is 5.56 Å².